The Bertz CT molecular complexity index is 816. The fourth-order valence-corrected chi connectivity index (χ4v) is 2.62. The molecule has 3 rings (SSSR count). The first-order valence-corrected chi connectivity index (χ1v) is 7.18. The van der Waals surface area contributed by atoms with E-state index in [0.717, 1.165) is 11.3 Å². The van der Waals surface area contributed by atoms with Crippen molar-refractivity contribution in [1.82, 2.24) is 9.97 Å². The summed E-state index contributed by atoms with van der Waals surface area (Å²) < 4.78 is 13.2. The first kappa shape index (κ1) is 14.8. The van der Waals surface area contributed by atoms with Gasteiger partial charge < -0.3 is 10.1 Å². The number of rotatable bonds is 3. The molecule has 3 aromatic rings. The number of nitrogens with zero attached hydrogens (tertiary/aromatic N) is 1. The number of hydrogen-bond acceptors (Lipinski definition) is 2. The standard InChI is InChI=1S/C17H14ClFN2O/c1-10-8-11(19)6-7-12(10)16(22)17-20-9-15(21-17)13-4-2-3-5-14(13)18/h2-9,16,22H,1H3,(H,20,21). The van der Waals surface area contributed by atoms with Crippen LogP contribution in [-0.2, 0) is 0 Å². The Balaban J connectivity index is 1.95. The smallest absolute Gasteiger partial charge is 0.140 e. The second-order valence-corrected chi connectivity index (χ2v) is 5.47. The highest BCUT2D eigenvalue weighted by molar-refractivity contribution is 6.33. The predicted molar refractivity (Wildman–Crippen MR) is 84.2 cm³/mol. The van der Waals surface area contributed by atoms with Gasteiger partial charge in [0.25, 0.3) is 0 Å². The lowest BCUT2D eigenvalue weighted by Crippen LogP contribution is -2.04. The van der Waals surface area contributed by atoms with Crippen LogP contribution in [0, 0.1) is 12.7 Å². The number of aliphatic hydroxyl groups excluding tert-OH is 1. The van der Waals surface area contributed by atoms with E-state index < -0.39 is 6.10 Å². The molecule has 112 valence electrons. The molecule has 0 aliphatic heterocycles. The average Bonchev–Trinajstić information content (AvgIpc) is 2.97. The molecule has 0 aliphatic carbocycles. The SMILES string of the molecule is Cc1cc(F)ccc1C(O)c1ncc(-c2ccccc2Cl)[nH]1. The number of nitrogens with one attached hydrogen (secondary N) is 1. The van der Waals surface area contributed by atoms with Crippen molar-refractivity contribution in [3.63, 3.8) is 0 Å². The second kappa shape index (κ2) is 5.91. The zero-order chi connectivity index (χ0) is 15.7. The summed E-state index contributed by atoms with van der Waals surface area (Å²) in [6, 6.07) is 11.7. The summed E-state index contributed by atoms with van der Waals surface area (Å²) in [5, 5.41) is 11.0. The summed E-state index contributed by atoms with van der Waals surface area (Å²) in [6.07, 6.45) is 0.676. The number of aromatic nitrogens is 2. The zero-order valence-corrected chi connectivity index (χ0v) is 12.6. The maximum absolute atomic E-state index is 13.2. The third-order valence-electron chi connectivity index (χ3n) is 3.54. The first-order valence-electron chi connectivity index (χ1n) is 6.80. The molecule has 0 saturated heterocycles. The van der Waals surface area contributed by atoms with Gasteiger partial charge in [-0.15, -0.1) is 0 Å². The Kier molecular flexibility index (Phi) is 3.96. The molecule has 0 aliphatic rings. The fourth-order valence-electron chi connectivity index (χ4n) is 2.39. The molecule has 0 amide bonds. The number of hydrogen-bond donors (Lipinski definition) is 2. The summed E-state index contributed by atoms with van der Waals surface area (Å²) >= 11 is 6.16. The number of H-pyrrole nitrogens is 1. The van der Waals surface area contributed by atoms with Crippen LogP contribution in [0.4, 0.5) is 4.39 Å². The van der Waals surface area contributed by atoms with E-state index in [4.69, 9.17) is 11.6 Å². The lowest BCUT2D eigenvalue weighted by Gasteiger charge is -2.11. The number of halogens is 2. The molecule has 2 aromatic carbocycles. The summed E-state index contributed by atoms with van der Waals surface area (Å²) in [5.41, 5.74) is 2.81. The molecule has 0 bridgehead atoms. The van der Waals surface area contributed by atoms with Gasteiger partial charge in [-0.05, 0) is 36.2 Å². The molecule has 0 saturated carbocycles. The van der Waals surface area contributed by atoms with Crippen LogP contribution in [0.15, 0.2) is 48.7 Å². The maximum atomic E-state index is 13.2. The van der Waals surface area contributed by atoms with Crippen LogP contribution in [0.2, 0.25) is 5.02 Å². The Morgan fingerprint density at radius 2 is 2.00 bits per heavy atom. The van der Waals surface area contributed by atoms with Gasteiger partial charge in [-0.2, -0.15) is 0 Å². The molecule has 2 N–H and O–H groups in total. The molecule has 5 heteroatoms. The summed E-state index contributed by atoms with van der Waals surface area (Å²) in [6.45, 7) is 1.75. The van der Waals surface area contributed by atoms with E-state index in [9.17, 15) is 9.50 Å². The number of imidazole rings is 1. The third-order valence-corrected chi connectivity index (χ3v) is 3.87. The van der Waals surface area contributed by atoms with E-state index >= 15 is 0 Å². The van der Waals surface area contributed by atoms with E-state index in [1.54, 1.807) is 25.3 Å². The van der Waals surface area contributed by atoms with Crippen LogP contribution >= 0.6 is 11.6 Å². The van der Waals surface area contributed by atoms with Gasteiger partial charge in [-0.1, -0.05) is 35.9 Å². The monoisotopic (exact) mass is 316 g/mol. The van der Waals surface area contributed by atoms with E-state index in [2.05, 4.69) is 9.97 Å². The van der Waals surface area contributed by atoms with Gasteiger partial charge in [-0.25, -0.2) is 9.37 Å². The molecule has 1 unspecified atom stereocenters. The quantitative estimate of drug-likeness (QED) is 0.758. The summed E-state index contributed by atoms with van der Waals surface area (Å²) in [7, 11) is 0. The number of aliphatic hydroxyl groups is 1. The Morgan fingerprint density at radius 1 is 1.23 bits per heavy atom. The largest absolute Gasteiger partial charge is 0.380 e. The van der Waals surface area contributed by atoms with Gasteiger partial charge >= 0.3 is 0 Å². The highest BCUT2D eigenvalue weighted by atomic mass is 35.5. The van der Waals surface area contributed by atoms with Gasteiger partial charge in [0.2, 0.25) is 0 Å². The molecule has 0 spiro atoms. The molecular formula is C17H14ClFN2O. The van der Waals surface area contributed by atoms with E-state index in [-0.39, 0.29) is 5.82 Å². The minimum Gasteiger partial charge on any atom is -0.380 e. The highest BCUT2D eigenvalue weighted by Gasteiger charge is 2.17. The third kappa shape index (κ3) is 2.75. The molecule has 3 nitrogen and oxygen atoms in total. The molecular weight excluding hydrogens is 303 g/mol. The van der Waals surface area contributed by atoms with Gasteiger partial charge in [0, 0.05) is 10.6 Å². The minimum atomic E-state index is -0.947. The molecule has 0 fully saturated rings. The van der Waals surface area contributed by atoms with Crippen molar-refractivity contribution in [3.8, 4) is 11.3 Å². The molecule has 0 radical (unpaired) electrons. The first-order chi connectivity index (χ1) is 10.6. The molecule has 1 atom stereocenters. The second-order valence-electron chi connectivity index (χ2n) is 5.07. The van der Waals surface area contributed by atoms with Gasteiger partial charge in [-0.3, -0.25) is 0 Å². The van der Waals surface area contributed by atoms with Crippen molar-refractivity contribution < 1.29 is 9.50 Å². The lowest BCUT2D eigenvalue weighted by molar-refractivity contribution is 0.210. The van der Waals surface area contributed by atoms with Crippen molar-refractivity contribution in [1.29, 1.82) is 0 Å². The molecule has 22 heavy (non-hydrogen) atoms. The number of aryl methyl sites for hydroxylation is 1. The average molecular weight is 317 g/mol. The van der Waals surface area contributed by atoms with Crippen LogP contribution < -0.4 is 0 Å². The van der Waals surface area contributed by atoms with Crippen molar-refractivity contribution in [2.75, 3.05) is 0 Å². The topological polar surface area (TPSA) is 48.9 Å². The molecule has 1 aromatic heterocycles. The van der Waals surface area contributed by atoms with E-state index in [1.165, 1.54) is 12.1 Å². The Hall–Kier alpha value is -2.17. The fraction of sp³-hybridized carbons (Fsp3) is 0.118. The maximum Gasteiger partial charge on any atom is 0.140 e. The van der Waals surface area contributed by atoms with E-state index in [0.29, 0.717) is 22.0 Å². The molecule has 1 heterocycles. The van der Waals surface area contributed by atoms with Crippen LogP contribution in [0.1, 0.15) is 23.1 Å². The number of benzene rings is 2. The van der Waals surface area contributed by atoms with Crippen LogP contribution in [0.5, 0.6) is 0 Å². The van der Waals surface area contributed by atoms with E-state index in [1.807, 2.05) is 18.2 Å². The van der Waals surface area contributed by atoms with Gasteiger partial charge in [0.05, 0.1) is 11.9 Å². The summed E-state index contributed by atoms with van der Waals surface area (Å²) in [5.74, 6) is 0.0641. The van der Waals surface area contributed by atoms with Crippen LogP contribution in [-0.4, -0.2) is 15.1 Å². The highest BCUT2D eigenvalue weighted by Crippen LogP contribution is 2.29. The van der Waals surface area contributed by atoms with Crippen molar-refractivity contribution in [2.45, 2.75) is 13.0 Å². The number of aromatic amines is 1. The normalized spacial score (nSPS) is 12.4. The Labute approximate surface area is 132 Å². The summed E-state index contributed by atoms with van der Waals surface area (Å²) in [4.78, 5) is 7.29. The lowest BCUT2D eigenvalue weighted by atomic mass is 10.0. The van der Waals surface area contributed by atoms with Crippen molar-refractivity contribution in [3.05, 3.63) is 76.5 Å². The van der Waals surface area contributed by atoms with Crippen LogP contribution in [0.3, 0.4) is 0 Å². The predicted octanol–water partition coefficient (Wildman–Crippen LogP) is 4.26. The van der Waals surface area contributed by atoms with Crippen molar-refractivity contribution in [2.24, 2.45) is 0 Å². The zero-order valence-electron chi connectivity index (χ0n) is 11.8. The van der Waals surface area contributed by atoms with Gasteiger partial charge in [0.1, 0.15) is 17.7 Å². The minimum absolute atomic E-state index is 0.329. The van der Waals surface area contributed by atoms with Crippen LogP contribution in [0.25, 0.3) is 11.3 Å². The van der Waals surface area contributed by atoms with Crippen molar-refractivity contribution >= 4 is 11.6 Å². The Morgan fingerprint density at radius 3 is 2.73 bits per heavy atom. The van der Waals surface area contributed by atoms with Gasteiger partial charge in [0.15, 0.2) is 0 Å².